The highest BCUT2D eigenvalue weighted by Crippen LogP contribution is 2.17. The highest BCUT2D eigenvalue weighted by molar-refractivity contribution is 9.10. The molecule has 0 saturated carbocycles. The first-order chi connectivity index (χ1) is 7.13. The normalized spacial score (nSPS) is 12.8. The summed E-state index contributed by atoms with van der Waals surface area (Å²) in [5.74, 6) is -0.278. The molecule has 1 aromatic rings. The Morgan fingerprint density at radius 3 is 2.87 bits per heavy atom. The van der Waals surface area contributed by atoms with Crippen LogP contribution in [0.1, 0.15) is 12.5 Å². The molecule has 15 heavy (non-hydrogen) atoms. The molecule has 0 fully saturated rings. The van der Waals surface area contributed by atoms with Crippen LogP contribution in [0.3, 0.4) is 0 Å². The van der Waals surface area contributed by atoms with Crippen LogP contribution >= 0.6 is 15.9 Å². The number of aliphatic hydroxyl groups is 1. The molecule has 1 unspecified atom stereocenters. The summed E-state index contributed by atoms with van der Waals surface area (Å²) in [6, 6.07) is 4.79. The van der Waals surface area contributed by atoms with E-state index in [2.05, 4.69) is 21.2 Å². The highest BCUT2D eigenvalue weighted by Gasteiger charge is 2.06. The molecule has 0 aromatic heterocycles. The summed E-state index contributed by atoms with van der Waals surface area (Å²) >= 11 is 3.12. The largest absolute Gasteiger partial charge is 0.391 e. The smallest absolute Gasteiger partial charge is 0.137 e. The molecule has 0 bridgehead atoms. The van der Waals surface area contributed by atoms with Gasteiger partial charge in [-0.15, -0.1) is 0 Å². The zero-order valence-electron chi connectivity index (χ0n) is 8.63. The molecule has 0 aliphatic carbocycles. The Morgan fingerprint density at radius 1 is 1.53 bits per heavy atom. The Kier molecular flexibility index (Phi) is 5.22. The molecule has 0 aliphatic heterocycles. The maximum Gasteiger partial charge on any atom is 0.137 e. The summed E-state index contributed by atoms with van der Waals surface area (Å²) in [6.45, 7) is 3.39. The minimum Gasteiger partial charge on any atom is -0.391 e. The van der Waals surface area contributed by atoms with Gasteiger partial charge < -0.3 is 10.4 Å². The predicted molar refractivity (Wildman–Crippen MR) is 62.4 cm³/mol. The molecule has 2 nitrogen and oxygen atoms in total. The lowest BCUT2D eigenvalue weighted by Crippen LogP contribution is -2.28. The van der Waals surface area contributed by atoms with Crippen LogP contribution in [0.2, 0.25) is 0 Å². The van der Waals surface area contributed by atoms with Gasteiger partial charge in [0.05, 0.1) is 10.6 Å². The molecule has 1 atom stereocenters. The van der Waals surface area contributed by atoms with Crippen LogP contribution in [0.25, 0.3) is 0 Å². The third-order valence-corrected chi connectivity index (χ3v) is 2.69. The van der Waals surface area contributed by atoms with E-state index in [1.807, 2.05) is 6.92 Å². The van der Waals surface area contributed by atoms with E-state index in [0.717, 1.165) is 12.1 Å². The van der Waals surface area contributed by atoms with Crippen molar-refractivity contribution in [2.45, 2.75) is 19.4 Å². The third-order valence-electron chi connectivity index (χ3n) is 2.09. The van der Waals surface area contributed by atoms with Crippen LogP contribution in [-0.4, -0.2) is 24.3 Å². The number of hydrogen-bond donors (Lipinski definition) is 2. The molecule has 1 rings (SSSR count). The average molecular weight is 276 g/mol. The first kappa shape index (κ1) is 12.6. The zero-order valence-corrected chi connectivity index (χ0v) is 10.2. The second-order valence-corrected chi connectivity index (χ2v) is 4.27. The van der Waals surface area contributed by atoms with Crippen molar-refractivity contribution in [3.8, 4) is 0 Å². The molecule has 0 amide bonds. The van der Waals surface area contributed by atoms with E-state index in [9.17, 15) is 9.50 Å². The van der Waals surface area contributed by atoms with E-state index >= 15 is 0 Å². The molecule has 2 N–H and O–H groups in total. The van der Waals surface area contributed by atoms with E-state index in [0.29, 0.717) is 17.4 Å². The maximum absolute atomic E-state index is 12.9. The van der Waals surface area contributed by atoms with Crippen molar-refractivity contribution in [3.05, 3.63) is 34.1 Å². The van der Waals surface area contributed by atoms with Crippen LogP contribution in [0.15, 0.2) is 22.7 Å². The van der Waals surface area contributed by atoms with Crippen LogP contribution in [0.4, 0.5) is 4.39 Å². The number of halogens is 2. The van der Waals surface area contributed by atoms with Crippen LogP contribution in [0, 0.1) is 5.82 Å². The molecule has 0 radical (unpaired) electrons. The van der Waals surface area contributed by atoms with Crippen LogP contribution in [0.5, 0.6) is 0 Å². The molecule has 4 heteroatoms. The Morgan fingerprint density at radius 2 is 2.27 bits per heavy atom. The van der Waals surface area contributed by atoms with Gasteiger partial charge in [-0.3, -0.25) is 0 Å². The molecule has 1 aromatic carbocycles. The lowest BCUT2D eigenvalue weighted by atomic mass is 10.1. The number of hydrogen-bond acceptors (Lipinski definition) is 2. The van der Waals surface area contributed by atoms with Crippen molar-refractivity contribution >= 4 is 15.9 Å². The second-order valence-electron chi connectivity index (χ2n) is 3.41. The van der Waals surface area contributed by atoms with E-state index in [4.69, 9.17) is 0 Å². The van der Waals surface area contributed by atoms with Crippen molar-refractivity contribution in [1.82, 2.24) is 5.32 Å². The summed E-state index contributed by atoms with van der Waals surface area (Å²) in [4.78, 5) is 0. The summed E-state index contributed by atoms with van der Waals surface area (Å²) in [6.07, 6.45) is 0.105. The maximum atomic E-state index is 12.9. The van der Waals surface area contributed by atoms with Gasteiger partial charge in [-0.2, -0.15) is 0 Å². The second kappa shape index (κ2) is 6.20. The van der Waals surface area contributed by atoms with Gasteiger partial charge >= 0.3 is 0 Å². The molecule has 84 valence electrons. The quantitative estimate of drug-likeness (QED) is 0.863. The molecule has 0 heterocycles. The fourth-order valence-corrected chi connectivity index (χ4v) is 1.75. The Hall–Kier alpha value is -0.450. The lowest BCUT2D eigenvalue weighted by molar-refractivity contribution is 0.172. The van der Waals surface area contributed by atoms with Gasteiger partial charge in [0.25, 0.3) is 0 Å². The number of rotatable bonds is 5. The predicted octanol–water partition coefficient (Wildman–Crippen LogP) is 2.10. The van der Waals surface area contributed by atoms with Gasteiger partial charge in [-0.25, -0.2) is 4.39 Å². The van der Waals surface area contributed by atoms with Gasteiger partial charge in [0, 0.05) is 6.54 Å². The molecular weight excluding hydrogens is 261 g/mol. The first-order valence-electron chi connectivity index (χ1n) is 4.96. The Bertz CT molecular complexity index is 319. The Balaban J connectivity index is 2.53. The molecule has 0 aliphatic rings. The fourth-order valence-electron chi connectivity index (χ4n) is 1.32. The molecular formula is C11H15BrFNO. The van der Waals surface area contributed by atoms with E-state index in [1.165, 1.54) is 6.07 Å². The highest BCUT2D eigenvalue weighted by atomic mass is 79.9. The minimum absolute atomic E-state index is 0.278. The van der Waals surface area contributed by atoms with Crippen LogP contribution < -0.4 is 5.32 Å². The van der Waals surface area contributed by atoms with Gasteiger partial charge in [0.1, 0.15) is 5.82 Å². The van der Waals surface area contributed by atoms with E-state index in [-0.39, 0.29) is 5.82 Å². The minimum atomic E-state index is -0.428. The van der Waals surface area contributed by atoms with Crippen molar-refractivity contribution < 1.29 is 9.50 Å². The van der Waals surface area contributed by atoms with Gasteiger partial charge in [-0.05, 0) is 46.6 Å². The molecule has 0 saturated heterocycles. The van der Waals surface area contributed by atoms with Gasteiger partial charge in [-0.1, -0.05) is 13.0 Å². The third kappa shape index (κ3) is 4.28. The van der Waals surface area contributed by atoms with E-state index in [1.54, 1.807) is 12.1 Å². The molecule has 0 spiro atoms. The topological polar surface area (TPSA) is 32.3 Å². The van der Waals surface area contributed by atoms with Crippen molar-refractivity contribution in [2.24, 2.45) is 0 Å². The van der Waals surface area contributed by atoms with Gasteiger partial charge in [0.15, 0.2) is 0 Å². The number of nitrogens with one attached hydrogen (secondary N) is 1. The zero-order chi connectivity index (χ0) is 11.3. The first-order valence-corrected chi connectivity index (χ1v) is 5.75. The van der Waals surface area contributed by atoms with Crippen LogP contribution in [-0.2, 0) is 6.42 Å². The Labute approximate surface area is 97.6 Å². The van der Waals surface area contributed by atoms with E-state index < -0.39 is 6.10 Å². The number of aliphatic hydroxyl groups excluding tert-OH is 1. The summed E-state index contributed by atoms with van der Waals surface area (Å²) < 4.78 is 13.4. The summed E-state index contributed by atoms with van der Waals surface area (Å²) in [5, 5.41) is 12.7. The summed E-state index contributed by atoms with van der Waals surface area (Å²) in [5.41, 5.74) is 0.925. The van der Waals surface area contributed by atoms with Crippen molar-refractivity contribution in [1.29, 1.82) is 0 Å². The number of benzene rings is 1. The number of likely N-dealkylation sites (N-methyl/N-ethyl adjacent to an activating group) is 1. The van der Waals surface area contributed by atoms with Crippen molar-refractivity contribution in [3.63, 3.8) is 0 Å². The summed E-state index contributed by atoms with van der Waals surface area (Å²) in [7, 11) is 0. The lowest BCUT2D eigenvalue weighted by Gasteiger charge is -2.11. The SMILES string of the molecule is CCNCC(O)Cc1ccc(F)c(Br)c1. The standard InChI is InChI=1S/C11H15BrFNO/c1-2-14-7-9(15)5-8-3-4-11(13)10(12)6-8/h3-4,6,9,14-15H,2,5,7H2,1H3. The monoisotopic (exact) mass is 275 g/mol. The van der Waals surface area contributed by atoms with Crippen molar-refractivity contribution in [2.75, 3.05) is 13.1 Å². The average Bonchev–Trinajstić information content (AvgIpc) is 2.20. The fraction of sp³-hybridized carbons (Fsp3) is 0.455. The van der Waals surface area contributed by atoms with Gasteiger partial charge in [0.2, 0.25) is 0 Å².